The van der Waals surface area contributed by atoms with Gasteiger partial charge in [-0.1, -0.05) is 13.8 Å². The number of benzene rings is 1. The Kier molecular flexibility index (Phi) is 4.55. The molecule has 1 aromatic rings. The van der Waals surface area contributed by atoms with Gasteiger partial charge in [0.05, 0.1) is 11.6 Å². The molecular formula is C10H13NO. The maximum atomic E-state index is 8.92. The molecule has 0 spiro atoms. The molecule has 2 heteroatoms. The van der Waals surface area contributed by atoms with Crippen molar-refractivity contribution in [1.82, 2.24) is 0 Å². The largest absolute Gasteiger partial charge is 0.508 e. The SMILES string of the molecule is CC.Cc1cc(O)ccc1C#N. The Morgan fingerprint density at radius 1 is 1.33 bits per heavy atom. The lowest BCUT2D eigenvalue weighted by molar-refractivity contribution is 0.475. The molecule has 0 saturated carbocycles. The van der Waals surface area contributed by atoms with Gasteiger partial charge in [0.1, 0.15) is 5.75 Å². The summed E-state index contributed by atoms with van der Waals surface area (Å²) in [5.74, 6) is 0.205. The van der Waals surface area contributed by atoms with Crippen LogP contribution in [0.3, 0.4) is 0 Å². The molecular weight excluding hydrogens is 150 g/mol. The molecule has 0 amide bonds. The first-order valence-corrected chi connectivity index (χ1v) is 3.94. The third-order valence-electron chi connectivity index (χ3n) is 1.33. The van der Waals surface area contributed by atoms with Crippen LogP contribution in [0.15, 0.2) is 18.2 Å². The summed E-state index contributed by atoms with van der Waals surface area (Å²) in [4.78, 5) is 0. The van der Waals surface area contributed by atoms with Crippen molar-refractivity contribution in [3.8, 4) is 11.8 Å². The van der Waals surface area contributed by atoms with E-state index in [1.54, 1.807) is 19.1 Å². The number of nitrogens with zero attached hydrogens (tertiary/aromatic N) is 1. The topological polar surface area (TPSA) is 44.0 Å². The molecule has 2 nitrogen and oxygen atoms in total. The second kappa shape index (κ2) is 5.20. The average Bonchev–Trinajstić information content (AvgIpc) is 2.08. The fourth-order valence-electron chi connectivity index (χ4n) is 0.773. The van der Waals surface area contributed by atoms with Crippen molar-refractivity contribution in [2.45, 2.75) is 20.8 Å². The number of hydrogen-bond acceptors (Lipinski definition) is 2. The molecule has 0 aliphatic rings. The molecule has 1 aromatic carbocycles. The fraction of sp³-hybridized carbons (Fsp3) is 0.300. The smallest absolute Gasteiger partial charge is 0.115 e. The van der Waals surface area contributed by atoms with Gasteiger partial charge in [-0.25, -0.2) is 0 Å². The van der Waals surface area contributed by atoms with E-state index < -0.39 is 0 Å². The molecule has 0 bridgehead atoms. The van der Waals surface area contributed by atoms with E-state index in [0.29, 0.717) is 5.56 Å². The third kappa shape index (κ3) is 2.63. The van der Waals surface area contributed by atoms with Crippen LogP contribution in [0.5, 0.6) is 5.75 Å². The molecule has 0 heterocycles. The Bertz CT molecular complexity index is 286. The normalized spacial score (nSPS) is 7.83. The molecule has 12 heavy (non-hydrogen) atoms. The second-order valence-corrected chi connectivity index (χ2v) is 2.11. The summed E-state index contributed by atoms with van der Waals surface area (Å²) in [5, 5.41) is 17.4. The van der Waals surface area contributed by atoms with E-state index in [1.807, 2.05) is 19.9 Å². The van der Waals surface area contributed by atoms with Gasteiger partial charge in [0.2, 0.25) is 0 Å². The summed E-state index contributed by atoms with van der Waals surface area (Å²) in [6, 6.07) is 6.69. The number of aromatic hydroxyl groups is 1. The van der Waals surface area contributed by atoms with Gasteiger partial charge in [0, 0.05) is 0 Å². The monoisotopic (exact) mass is 163 g/mol. The lowest BCUT2D eigenvalue weighted by atomic mass is 10.1. The zero-order valence-corrected chi connectivity index (χ0v) is 7.63. The number of nitriles is 1. The van der Waals surface area contributed by atoms with Crippen molar-refractivity contribution < 1.29 is 5.11 Å². The molecule has 1 N–H and O–H groups in total. The third-order valence-corrected chi connectivity index (χ3v) is 1.33. The minimum Gasteiger partial charge on any atom is -0.508 e. The van der Waals surface area contributed by atoms with Gasteiger partial charge in [-0.05, 0) is 30.7 Å². The molecule has 0 aliphatic carbocycles. The van der Waals surface area contributed by atoms with Crippen molar-refractivity contribution in [1.29, 1.82) is 5.26 Å². The van der Waals surface area contributed by atoms with Crippen LogP contribution in [0, 0.1) is 18.3 Å². The van der Waals surface area contributed by atoms with E-state index >= 15 is 0 Å². The fourth-order valence-corrected chi connectivity index (χ4v) is 0.773. The molecule has 0 radical (unpaired) electrons. The highest BCUT2D eigenvalue weighted by Crippen LogP contribution is 2.13. The quantitative estimate of drug-likeness (QED) is 0.638. The van der Waals surface area contributed by atoms with Crippen LogP contribution in [0.4, 0.5) is 0 Å². The van der Waals surface area contributed by atoms with E-state index in [4.69, 9.17) is 10.4 Å². The van der Waals surface area contributed by atoms with Crippen molar-refractivity contribution in [3.63, 3.8) is 0 Å². The van der Waals surface area contributed by atoms with Gasteiger partial charge >= 0.3 is 0 Å². The number of aryl methyl sites for hydroxylation is 1. The summed E-state index contributed by atoms with van der Waals surface area (Å²) >= 11 is 0. The van der Waals surface area contributed by atoms with E-state index in [-0.39, 0.29) is 5.75 Å². The second-order valence-electron chi connectivity index (χ2n) is 2.11. The Hall–Kier alpha value is -1.49. The first-order valence-electron chi connectivity index (χ1n) is 3.94. The predicted octanol–water partition coefficient (Wildman–Crippen LogP) is 2.60. The average molecular weight is 163 g/mol. The summed E-state index contributed by atoms with van der Waals surface area (Å²) in [6.45, 7) is 5.79. The van der Waals surface area contributed by atoms with Gasteiger partial charge < -0.3 is 5.11 Å². The van der Waals surface area contributed by atoms with E-state index in [1.165, 1.54) is 6.07 Å². The van der Waals surface area contributed by atoms with E-state index in [0.717, 1.165) is 5.56 Å². The van der Waals surface area contributed by atoms with Crippen LogP contribution < -0.4 is 0 Å². The number of rotatable bonds is 0. The molecule has 0 saturated heterocycles. The maximum Gasteiger partial charge on any atom is 0.115 e. The minimum atomic E-state index is 0.205. The van der Waals surface area contributed by atoms with E-state index in [9.17, 15) is 0 Å². The number of hydrogen-bond donors (Lipinski definition) is 1. The lowest BCUT2D eigenvalue weighted by Crippen LogP contribution is -1.79. The number of phenols is 1. The highest BCUT2D eigenvalue weighted by atomic mass is 16.3. The van der Waals surface area contributed by atoms with Gasteiger partial charge in [0.15, 0.2) is 0 Å². The van der Waals surface area contributed by atoms with Gasteiger partial charge in [0.25, 0.3) is 0 Å². The summed E-state index contributed by atoms with van der Waals surface area (Å²) < 4.78 is 0. The van der Waals surface area contributed by atoms with Gasteiger partial charge in [-0.15, -0.1) is 0 Å². The molecule has 64 valence electrons. The molecule has 0 aliphatic heterocycles. The summed E-state index contributed by atoms with van der Waals surface area (Å²) in [5.41, 5.74) is 1.42. The van der Waals surface area contributed by atoms with Gasteiger partial charge in [-0.2, -0.15) is 5.26 Å². The van der Waals surface area contributed by atoms with Crippen LogP contribution in [0.25, 0.3) is 0 Å². The number of phenolic OH excluding ortho intramolecular Hbond substituents is 1. The van der Waals surface area contributed by atoms with Crippen molar-refractivity contribution in [2.24, 2.45) is 0 Å². The molecule has 0 atom stereocenters. The predicted molar refractivity (Wildman–Crippen MR) is 48.9 cm³/mol. The Labute approximate surface area is 73.1 Å². The first-order chi connectivity index (χ1) is 5.74. The van der Waals surface area contributed by atoms with Crippen molar-refractivity contribution >= 4 is 0 Å². The minimum absolute atomic E-state index is 0.205. The Balaban J connectivity index is 0.000000561. The Morgan fingerprint density at radius 3 is 2.33 bits per heavy atom. The summed E-state index contributed by atoms with van der Waals surface area (Å²) in [6.07, 6.45) is 0. The van der Waals surface area contributed by atoms with Crippen molar-refractivity contribution in [3.05, 3.63) is 29.3 Å². The molecule has 1 rings (SSSR count). The van der Waals surface area contributed by atoms with Crippen LogP contribution in [0.2, 0.25) is 0 Å². The standard InChI is InChI=1S/C8H7NO.C2H6/c1-6-4-8(10)3-2-7(6)5-9;1-2/h2-4,10H,1H3;1-2H3. The Morgan fingerprint density at radius 2 is 1.92 bits per heavy atom. The zero-order valence-electron chi connectivity index (χ0n) is 7.63. The van der Waals surface area contributed by atoms with Crippen molar-refractivity contribution in [2.75, 3.05) is 0 Å². The molecule has 0 unspecified atom stereocenters. The maximum absolute atomic E-state index is 8.92. The van der Waals surface area contributed by atoms with Gasteiger partial charge in [-0.3, -0.25) is 0 Å². The lowest BCUT2D eigenvalue weighted by Gasteiger charge is -1.95. The summed E-state index contributed by atoms with van der Waals surface area (Å²) in [7, 11) is 0. The van der Waals surface area contributed by atoms with Crippen LogP contribution in [-0.4, -0.2) is 5.11 Å². The molecule has 0 aromatic heterocycles. The first kappa shape index (κ1) is 10.5. The highest BCUT2D eigenvalue weighted by Gasteiger charge is 1.95. The van der Waals surface area contributed by atoms with Crippen LogP contribution in [0.1, 0.15) is 25.0 Å². The van der Waals surface area contributed by atoms with Crippen LogP contribution >= 0.6 is 0 Å². The van der Waals surface area contributed by atoms with Crippen LogP contribution in [-0.2, 0) is 0 Å². The molecule has 0 fully saturated rings. The van der Waals surface area contributed by atoms with E-state index in [2.05, 4.69) is 0 Å². The zero-order chi connectivity index (χ0) is 9.56. The highest BCUT2D eigenvalue weighted by molar-refractivity contribution is 5.41.